The fourth-order valence-corrected chi connectivity index (χ4v) is 1.47. The second-order valence-corrected chi connectivity index (χ2v) is 3.70. The van der Waals surface area contributed by atoms with E-state index in [0.29, 0.717) is 0 Å². The Morgan fingerprint density at radius 2 is 1.83 bits per heavy atom. The van der Waals surface area contributed by atoms with E-state index in [4.69, 9.17) is 0 Å². The first kappa shape index (κ1) is 12.2. The topological polar surface area (TPSA) is 0 Å². The van der Waals surface area contributed by atoms with Gasteiger partial charge in [0.2, 0.25) is 0 Å². The van der Waals surface area contributed by atoms with E-state index in [1.54, 1.807) is 0 Å². The first-order valence-electron chi connectivity index (χ1n) is 4.23. The number of allylic oxidation sites excluding steroid dienone is 2. The second kappa shape index (κ2) is 7.81. The van der Waals surface area contributed by atoms with Gasteiger partial charge in [-0.05, 0) is 26.7 Å². The molecule has 0 aromatic carbocycles. The molecule has 0 saturated heterocycles. The highest BCUT2D eigenvalue weighted by Crippen LogP contribution is 2.09. The summed E-state index contributed by atoms with van der Waals surface area (Å²) in [6.45, 7) is 4.26. The Kier molecular flexibility index (Phi) is 7.93. The fraction of sp³-hybridized carbons (Fsp3) is 0.600. The lowest BCUT2D eigenvalue weighted by Crippen LogP contribution is -1.85. The molecule has 0 aliphatic heterocycles. The van der Waals surface area contributed by atoms with E-state index in [-0.39, 0.29) is 0 Å². The molecular weight excluding hydrogens is 184 g/mol. The first-order valence-corrected chi connectivity index (χ1v) is 5.50. The monoisotopic (exact) mass is 202 g/mol. The molecule has 12 heavy (non-hydrogen) atoms. The van der Waals surface area contributed by atoms with Crippen molar-refractivity contribution in [1.29, 1.82) is 0 Å². The van der Waals surface area contributed by atoms with Crippen LogP contribution in [0, 0.1) is 0 Å². The zero-order chi connectivity index (χ0) is 9.40. The van der Waals surface area contributed by atoms with Gasteiger partial charge in [-0.3, -0.25) is 0 Å². The molecule has 0 heterocycles. The molecule has 0 saturated carbocycles. The Labute approximate surface area is 87.0 Å². The smallest absolute Gasteiger partial charge is 0.0113 e. The molecule has 0 aliphatic rings. The van der Waals surface area contributed by atoms with Crippen molar-refractivity contribution in [3.63, 3.8) is 0 Å². The third-order valence-corrected chi connectivity index (χ3v) is 2.19. The molecule has 0 rings (SSSR count). The highest BCUT2D eigenvalue weighted by atomic mass is 32.1. The molecule has 0 bridgehead atoms. The summed E-state index contributed by atoms with van der Waals surface area (Å²) in [5, 5.41) is 0. The summed E-state index contributed by atoms with van der Waals surface area (Å²) >= 11 is 8.40. The summed E-state index contributed by atoms with van der Waals surface area (Å²) in [6, 6.07) is 0. The Hall–Kier alpha value is 0.180. The molecule has 2 heteroatoms. The zero-order valence-corrected chi connectivity index (χ0v) is 9.67. The van der Waals surface area contributed by atoms with Crippen molar-refractivity contribution in [2.75, 3.05) is 11.5 Å². The summed E-state index contributed by atoms with van der Waals surface area (Å²) in [6.07, 6.45) is 6.66. The molecule has 0 aliphatic carbocycles. The lowest BCUT2D eigenvalue weighted by Gasteiger charge is -2.00. The van der Waals surface area contributed by atoms with Crippen molar-refractivity contribution >= 4 is 25.3 Å². The summed E-state index contributed by atoms with van der Waals surface area (Å²) < 4.78 is 0. The van der Waals surface area contributed by atoms with Gasteiger partial charge in [0.1, 0.15) is 0 Å². The van der Waals surface area contributed by atoms with E-state index in [9.17, 15) is 0 Å². The SMILES string of the molecule is CC(C)=CCCC(=CCS)CS. The number of hydrogen-bond acceptors (Lipinski definition) is 2. The third kappa shape index (κ3) is 6.86. The maximum atomic E-state index is 4.25. The molecule has 0 fully saturated rings. The van der Waals surface area contributed by atoms with E-state index in [1.165, 1.54) is 11.1 Å². The van der Waals surface area contributed by atoms with Gasteiger partial charge in [-0.25, -0.2) is 0 Å². The van der Waals surface area contributed by atoms with Gasteiger partial charge in [-0.2, -0.15) is 25.3 Å². The number of thiol groups is 2. The van der Waals surface area contributed by atoms with E-state index in [0.717, 1.165) is 24.3 Å². The van der Waals surface area contributed by atoms with Crippen LogP contribution < -0.4 is 0 Å². The average Bonchev–Trinajstić information content (AvgIpc) is 2.02. The van der Waals surface area contributed by atoms with Crippen LogP contribution >= 0.6 is 25.3 Å². The van der Waals surface area contributed by atoms with Gasteiger partial charge >= 0.3 is 0 Å². The van der Waals surface area contributed by atoms with Gasteiger partial charge in [0.15, 0.2) is 0 Å². The molecule has 0 aromatic rings. The highest BCUT2D eigenvalue weighted by molar-refractivity contribution is 7.80. The first-order chi connectivity index (χ1) is 5.70. The van der Waals surface area contributed by atoms with Crippen molar-refractivity contribution in [3.05, 3.63) is 23.3 Å². The molecule has 0 aromatic heterocycles. The normalized spacial score (nSPS) is 11.5. The van der Waals surface area contributed by atoms with Crippen LogP contribution in [0.15, 0.2) is 23.3 Å². The largest absolute Gasteiger partial charge is 0.175 e. The van der Waals surface area contributed by atoms with E-state index < -0.39 is 0 Å². The molecule has 0 nitrogen and oxygen atoms in total. The van der Waals surface area contributed by atoms with Gasteiger partial charge in [-0.15, -0.1) is 0 Å². The number of hydrogen-bond donors (Lipinski definition) is 2. The van der Waals surface area contributed by atoms with Crippen LogP contribution in [0.3, 0.4) is 0 Å². The predicted octanol–water partition coefficient (Wildman–Crippen LogP) is 3.52. The second-order valence-electron chi connectivity index (χ2n) is 3.02. The summed E-state index contributed by atoms with van der Waals surface area (Å²) in [7, 11) is 0. The van der Waals surface area contributed by atoms with Crippen LogP contribution in [0.25, 0.3) is 0 Å². The van der Waals surface area contributed by atoms with Crippen molar-refractivity contribution in [2.24, 2.45) is 0 Å². The molecule has 0 amide bonds. The zero-order valence-electron chi connectivity index (χ0n) is 7.88. The molecule has 0 unspecified atom stereocenters. The van der Waals surface area contributed by atoms with Crippen LogP contribution in [0.1, 0.15) is 26.7 Å². The van der Waals surface area contributed by atoms with Crippen molar-refractivity contribution in [2.45, 2.75) is 26.7 Å². The maximum absolute atomic E-state index is 4.25. The van der Waals surface area contributed by atoms with Crippen molar-refractivity contribution in [3.8, 4) is 0 Å². The molecule has 0 atom stereocenters. The van der Waals surface area contributed by atoms with Gasteiger partial charge in [0.25, 0.3) is 0 Å². The van der Waals surface area contributed by atoms with E-state index in [2.05, 4.69) is 51.3 Å². The summed E-state index contributed by atoms with van der Waals surface area (Å²) in [4.78, 5) is 0. The minimum Gasteiger partial charge on any atom is -0.175 e. The standard InChI is InChI=1S/C10H18S2/c1-9(2)4-3-5-10(8-12)6-7-11/h4,6,11-12H,3,5,7-8H2,1-2H3. The van der Waals surface area contributed by atoms with Gasteiger partial charge in [0.05, 0.1) is 0 Å². The van der Waals surface area contributed by atoms with Crippen LogP contribution in [0.4, 0.5) is 0 Å². The van der Waals surface area contributed by atoms with Crippen molar-refractivity contribution in [1.82, 2.24) is 0 Å². The van der Waals surface area contributed by atoms with Crippen LogP contribution in [-0.4, -0.2) is 11.5 Å². The molecular formula is C10H18S2. The molecule has 0 N–H and O–H groups in total. The van der Waals surface area contributed by atoms with E-state index in [1.807, 2.05) is 0 Å². The van der Waals surface area contributed by atoms with E-state index >= 15 is 0 Å². The minimum absolute atomic E-state index is 0.824. The Morgan fingerprint density at radius 3 is 2.25 bits per heavy atom. The lowest BCUT2D eigenvalue weighted by molar-refractivity contribution is 0.970. The fourth-order valence-electron chi connectivity index (χ4n) is 0.921. The maximum Gasteiger partial charge on any atom is 0.0113 e. The van der Waals surface area contributed by atoms with Gasteiger partial charge in [-0.1, -0.05) is 23.3 Å². The number of rotatable bonds is 5. The minimum atomic E-state index is 0.824. The molecule has 0 spiro atoms. The molecule has 70 valence electrons. The quantitative estimate of drug-likeness (QED) is 0.494. The predicted molar refractivity (Wildman–Crippen MR) is 64.5 cm³/mol. The third-order valence-electron chi connectivity index (χ3n) is 1.60. The Morgan fingerprint density at radius 1 is 1.17 bits per heavy atom. The summed E-state index contributed by atoms with van der Waals surface area (Å²) in [5.74, 6) is 1.68. The highest BCUT2D eigenvalue weighted by Gasteiger charge is 1.91. The Balaban J connectivity index is 3.74. The molecule has 0 radical (unpaired) electrons. The average molecular weight is 202 g/mol. The Bertz CT molecular complexity index is 165. The van der Waals surface area contributed by atoms with Crippen LogP contribution in [-0.2, 0) is 0 Å². The lowest BCUT2D eigenvalue weighted by atomic mass is 10.1. The van der Waals surface area contributed by atoms with Gasteiger partial charge in [0, 0.05) is 11.5 Å². The van der Waals surface area contributed by atoms with Crippen molar-refractivity contribution < 1.29 is 0 Å². The van der Waals surface area contributed by atoms with Crippen LogP contribution in [0.2, 0.25) is 0 Å². The van der Waals surface area contributed by atoms with Gasteiger partial charge < -0.3 is 0 Å². The van der Waals surface area contributed by atoms with Crippen LogP contribution in [0.5, 0.6) is 0 Å². The summed E-state index contributed by atoms with van der Waals surface area (Å²) in [5.41, 5.74) is 2.78.